The zero-order valence-electron chi connectivity index (χ0n) is 36.2. The quantitative estimate of drug-likeness (QED) is 0.152. The fourth-order valence-electron chi connectivity index (χ4n) is 10.6. The van der Waals surface area contributed by atoms with Crippen molar-refractivity contribution >= 4 is 77.9 Å². The summed E-state index contributed by atoms with van der Waals surface area (Å²) >= 11 is 0. The lowest BCUT2D eigenvalue weighted by Crippen LogP contribution is -2.06. The first-order chi connectivity index (χ1) is 32.5. The first-order valence-corrected chi connectivity index (χ1v) is 22.6. The molecule has 0 bridgehead atoms. The fourth-order valence-corrected chi connectivity index (χ4v) is 10.6. The van der Waals surface area contributed by atoms with Crippen molar-refractivity contribution in [2.75, 3.05) is 0 Å². The van der Waals surface area contributed by atoms with E-state index < -0.39 is 0 Å². The lowest BCUT2D eigenvalue weighted by atomic mass is 9.89. The van der Waals surface area contributed by atoms with Crippen molar-refractivity contribution in [3.63, 3.8) is 0 Å². The largest absolute Gasteiger partial charge is 0.248 e. The molecule has 13 rings (SSSR count). The molecule has 12 aromatic carbocycles. The van der Waals surface area contributed by atoms with Crippen LogP contribution in [-0.2, 0) is 0 Å². The maximum absolute atomic E-state index is 5.37. The maximum Gasteiger partial charge on any atom is 0.0716 e. The predicted molar refractivity (Wildman–Crippen MR) is 283 cm³/mol. The molecule has 0 fully saturated rings. The van der Waals surface area contributed by atoms with E-state index in [4.69, 9.17) is 4.98 Å². The van der Waals surface area contributed by atoms with Crippen LogP contribution in [0.25, 0.3) is 145 Å². The van der Waals surface area contributed by atoms with Gasteiger partial charge in [0.1, 0.15) is 0 Å². The summed E-state index contributed by atoms with van der Waals surface area (Å²) in [6.07, 6.45) is 0. The Morgan fingerprint density at radius 2 is 0.742 bits per heavy atom. The van der Waals surface area contributed by atoms with Crippen LogP contribution in [0.1, 0.15) is 0 Å². The molecule has 1 heterocycles. The fraction of sp³-hybridized carbons (Fsp3) is 0. The Labute approximate surface area is 382 Å². The van der Waals surface area contributed by atoms with E-state index in [1.807, 2.05) is 0 Å². The van der Waals surface area contributed by atoms with Crippen molar-refractivity contribution in [3.05, 3.63) is 235 Å². The van der Waals surface area contributed by atoms with Gasteiger partial charge < -0.3 is 0 Å². The van der Waals surface area contributed by atoms with Gasteiger partial charge in [0.05, 0.1) is 11.2 Å². The van der Waals surface area contributed by atoms with Gasteiger partial charge in [0.15, 0.2) is 0 Å². The van der Waals surface area contributed by atoms with Gasteiger partial charge in [0, 0.05) is 10.9 Å². The van der Waals surface area contributed by atoms with Crippen molar-refractivity contribution in [3.8, 4) is 66.9 Å². The van der Waals surface area contributed by atoms with Crippen LogP contribution in [0, 0.1) is 0 Å². The van der Waals surface area contributed by atoms with Crippen LogP contribution in [0.15, 0.2) is 224 Å². The van der Waals surface area contributed by atoms with Gasteiger partial charge in [-0.3, -0.25) is 0 Å². The average Bonchev–Trinajstić information content (AvgIpc) is 3.38. The summed E-state index contributed by atoms with van der Waals surface area (Å²) in [6.45, 7) is 8.83. The molecular weight excluding hydrogens is 795 g/mol. The van der Waals surface area contributed by atoms with E-state index in [-0.39, 0.29) is 0 Å². The molecule has 0 aliphatic rings. The highest BCUT2D eigenvalue weighted by Gasteiger charge is 2.16. The number of nitrogens with zero attached hydrogens (tertiary/aromatic N) is 1. The minimum Gasteiger partial charge on any atom is -0.248 e. The Kier molecular flexibility index (Phi) is 8.59. The van der Waals surface area contributed by atoms with E-state index in [1.165, 1.54) is 76.1 Å². The van der Waals surface area contributed by atoms with Gasteiger partial charge in [-0.1, -0.05) is 201 Å². The molecule has 0 saturated heterocycles. The highest BCUT2D eigenvalue weighted by atomic mass is 14.7. The molecule has 0 aliphatic carbocycles. The number of aromatic nitrogens is 1. The van der Waals surface area contributed by atoms with Gasteiger partial charge in [0.25, 0.3) is 0 Å². The van der Waals surface area contributed by atoms with Gasteiger partial charge in [0.2, 0.25) is 0 Å². The van der Waals surface area contributed by atoms with Crippen molar-refractivity contribution in [2.45, 2.75) is 0 Å². The smallest absolute Gasteiger partial charge is 0.0716 e. The minimum atomic E-state index is 0.944. The predicted octanol–water partition coefficient (Wildman–Crippen LogP) is 16.3. The lowest BCUT2D eigenvalue weighted by Gasteiger charge is -2.15. The molecule has 0 aliphatic heterocycles. The normalized spacial score (nSPS) is 11.8. The molecule has 0 spiro atoms. The SMILES string of the molecule is C=c1cccc2ccc3c(-c4cccc(-c5ccc6nc(-c7cccc(-c8cccc(-c9ccc%10ccc%11cccc%12ccc9c%10c%11%12)c8)c7)cc(-c7ccccc7)c6c5)c4)ccc(=C)c3c12. The molecular formula is C65H41N. The number of hydrogen-bond acceptors (Lipinski definition) is 1. The van der Waals surface area contributed by atoms with Gasteiger partial charge in [-0.15, -0.1) is 0 Å². The highest BCUT2D eigenvalue weighted by molar-refractivity contribution is 6.25. The van der Waals surface area contributed by atoms with Gasteiger partial charge in [-0.2, -0.15) is 0 Å². The lowest BCUT2D eigenvalue weighted by molar-refractivity contribution is 1.40. The van der Waals surface area contributed by atoms with Crippen LogP contribution in [0.5, 0.6) is 0 Å². The maximum atomic E-state index is 5.37. The monoisotopic (exact) mass is 835 g/mol. The summed E-state index contributed by atoms with van der Waals surface area (Å²) < 4.78 is 0. The number of benzene rings is 12. The van der Waals surface area contributed by atoms with Gasteiger partial charge >= 0.3 is 0 Å². The summed E-state index contributed by atoms with van der Waals surface area (Å²) in [5.74, 6) is 0. The summed E-state index contributed by atoms with van der Waals surface area (Å²) in [5.41, 5.74) is 14.7. The third-order valence-electron chi connectivity index (χ3n) is 13.8. The molecule has 0 N–H and O–H groups in total. The van der Waals surface area contributed by atoms with Crippen LogP contribution < -0.4 is 10.4 Å². The molecule has 0 amide bonds. The first-order valence-electron chi connectivity index (χ1n) is 22.6. The standard InChI is InChI=1S/C65H41N/c1-40-11-6-14-43-27-32-56-54(30-23-41(2)63(56)62(40)43)51-20-9-18-48(36-51)50-29-34-60-59(38-50)58(42-12-4-3-5-13-42)39-61(66-60)53-22-10-19-49(37-53)47-17-8-21-52(35-47)55-31-26-46-25-24-44-15-7-16-45-28-33-57(55)65(46)64(44)45/h3-39H,1-2H2. The number of hydrogen-bond donors (Lipinski definition) is 0. The Balaban J connectivity index is 0.892. The Bertz CT molecular complexity index is 4190. The second kappa shape index (κ2) is 15.0. The third-order valence-corrected chi connectivity index (χ3v) is 13.8. The first kappa shape index (κ1) is 37.9. The van der Waals surface area contributed by atoms with Crippen LogP contribution in [0.2, 0.25) is 0 Å². The van der Waals surface area contributed by atoms with E-state index in [2.05, 4.69) is 238 Å². The number of pyridine rings is 1. The summed E-state index contributed by atoms with van der Waals surface area (Å²) in [7, 11) is 0. The summed E-state index contributed by atoms with van der Waals surface area (Å²) in [5, 5.41) is 15.7. The van der Waals surface area contributed by atoms with Crippen molar-refractivity contribution < 1.29 is 0 Å². The molecule has 0 unspecified atom stereocenters. The zero-order chi connectivity index (χ0) is 43.9. The highest BCUT2D eigenvalue weighted by Crippen LogP contribution is 2.41. The molecule has 0 radical (unpaired) electrons. The van der Waals surface area contributed by atoms with Crippen molar-refractivity contribution in [2.24, 2.45) is 0 Å². The van der Waals surface area contributed by atoms with Crippen LogP contribution in [-0.4, -0.2) is 4.98 Å². The Hall–Kier alpha value is -8.65. The molecule has 66 heavy (non-hydrogen) atoms. The Morgan fingerprint density at radius 3 is 1.44 bits per heavy atom. The second-order valence-corrected chi connectivity index (χ2v) is 17.6. The van der Waals surface area contributed by atoms with Gasteiger partial charge in [-0.25, -0.2) is 4.98 Å². The van der Waals surface area contributed by atoms with E-state index in [0.29, 0.717) is 0 Å². The van der Waals surface area contributed by atoms with Crippen molar-refractivity contribution in [1.82, 2.24) is 4.98 Å². The summed E-state index contributed by atoms with van der Waals surface area (Å²) in [6, 6.07) is 81.8. The number of rotatable bonds is 6. The van der Waals surface area contributed by atoms with E-state index in [9.17, 15) is 0 Å². The van der Waals surface area contributed by atoms with Crippen LogP contribution in [0.4, 0.5) is 0 Å². The minimum absolute atomic E-state index is 0.944. The second-order valence-electron chi connectivity index (χ2n) is 17.6. The molecule has 0 saturated carbocycles. The van der Waals surface area contributed by atoms with E-state index >= 15 is 0 Å². The topological polar surface area (TPSA) is 12.9 Å². The summed E-state index contributed by atoms with van der Waals surface area (Å²) in [4.78, 5) is 5.37. The average molecular weight is 836 g/mol. The Morgan fingerprint density at radius 1 is 0.258 bits per heavy atom. The molecule has 13 aromatic rings. The van der Waals surface area contributed by atoms with E-state index in [0.717, 1.165) is 66.0 Å². The molecule has 1 heteroatoms. The zero-order valence-corrected chi connectivity index (χ0v) is 36.2. The molecule has 1 aromatic heterocycles. The third kappa shape index (κ3) is 6.13. The van der Waals surface area contributed by atoms with Crippen LogP contribution >= 0.6 is 0 Å². The molecule has 1 nitrogen and oxygen atoms in total. The molecule has 306 valence electrons. The van der Waals surface area contributed by atoms with Gasteiger partial charge in [-0.05, 0) is 156 Å². The number of fused-ring (bicyclic) bond motifs is 4. The van der Waals surface area contributed by atoms with E-state index in [1.54, 1.807) is 0 Å². The van der Waals surface area contributed by atoms with Crippen molar-refractivity contribution in [1.29, 1.82) is 0 Å². The van der Waals surface area contributed by atoms with Crippen LogP contribution in [0.3, 0.4) is 0 Å². The molecule has 0 atom stereocenters.